The molecule has 128 valence electrons. The normalized spacial score (nSPS) is 10.8. The molecule has 0 atom stereocenters. The third kappa shape index (κ3) is 4.50. The molecule has 0 fully saturated rings. The Morgan fingerprint density at radius 2 is 2.16 bits per heavy atom. The number of fused-ring (bicyclic) bond motifs is 1. The summed E-state index contributed by atoms with van der Waals surface area (Å²) >= 11 is 4.28. The number of nitrogens with one attached hydrogen (secondary N) is 1. The van der Waals surface area contributed by atoms with Gasteiger partial charge < -0.3 is 5.32 Å². The van der Waals surface area contributed by atoms with Gasteiger partial charge in [0.25, 0.3) is 5.69 Å². The Morgan fingerprint density at radius 1 is 1.32 bits per heavy atom. The van der Waals surface area contributed by atoms with Crippen molar-refractivity contribution in [2.45, 2.75) is 9.24 Å². The van der Waals surface area contributed by atoms with Crippen LogP contribution in [0.4, 0.5) is 11.4 Å². The van der Waals surface area contributed by atoms with E-state index in [0.717, 1.165) is 15.3 Å². The van der Waals surface area contributed by atoms with Gasteiger partial charge in [0.15, 0.2) is 4.34 Å². The van der Waals surface area contributed by atoms with Gasteiger partial charge in [-0.05, 0) is 30.5 Å². The van der Waals surface area contributed by atoms with Crippen LogP contribution in [0.25, 0.3) is 10.2 Å². The topological polar surface area (TPSA) is 85.1 Å². The molecule has 25 heavy (non-hydrogen) atoms. The van der Waals surface area contributed by atoms with Crippen LogP contribution in [0.15, 0.2) is 51.7 Å². The van der Waals surface area contributed by atoms with E-state index >= 15 is 0 Å². The maximum absolute atomic E-state index is 12.1. The minimum absolute atomic E-state index is 0.0409. The second-order valence-electron chi connectivity index (χ2n) is 4.96. The molecule has 0 aliphatic carbocycles. The van der Waals surface area contributed by atoms with Crippen LogP contribution in [-0.2, 0) is 4.79 Å². The van der Waals surface area contributed by atoms with Gasteiger partial charge in [-0.1, -0.05) is 17.8 Å². The lowest BCUT2D eigenvalue weighted by Gasteiger charge is -2.05. The molecule has 2 aromatic carbocycles. The molecule has 0 unspecified atom stereocenters. The molecule has 6 nitrogen and oxygen atoms in total. The summed E-state index contributed by atoms with van der Waals surface area (Å²) in [5.41, 5.74) is 1.50. The zero-order valence-corrected chi connectivity index (χ0v) is 15.5. The first kappa shape index (κ1) is 17.7. The Balaban J connectivity index is 1.63. The van der Waals surface area contributed by atoms with E-state index in [0.29, 0.717) is 9.86 Å². The van der Waals surface area contributed by atoms with Crippen LogP contribution in [0.1, 0.15) is 0 Å². The number of non-ortho nitro benzene ring substituents is 1. The molecule has 1 N–H and O–H groups in total. The Hall–Kier alpha value is -2.10. The van der Waals surface area contributed by atoms with E-state index in [2.05, 4.69) is 10.3 Å². The highest BCUT2D eigenvalue weighted by molar-refractivity contribution is 8.01. The Morgan fingerprint density at radius 3 is 2.92 bits per heavy atom. The summed E-state index contributed by atoms with van der Waals surface area (Å²) in [6.07, 6.45) is 1.98. The molecule has 1 heterocycles. The summed E-state index contributed by atoms with van der Waals surface area (Å²) < 4.78 is 1.45. The highest BCUT2D eigenvalue weighted by Crippen LogP contribution is 2.31. The maximum atomic E-state index is 12.1. The number of hydrogen-bond donors (Lipinski definition) is 1. The number of rotatable bonds is 6. The number of hydrogen-bond acceptors (Lipinski definition) is 7. The van der Waals surface area contributed by atoms with Crippen molar-refractivity contribution in [3.05, 3.63) is 52.6 Å². The van der Waals surface area contributed by atoms with E-state index in [4.69, 9.17) is 0 Å². The van der Waals surface area contributed by atoms with Gasteiger partial charge in [-0.3, -0.25) is 14.9 Å². The van der Waals surface area contributed by atoms with E-state index in [1.807, 2.05) is 30.5 Å². The van der Waals surface area contributed by atoms with Gasteiger partial charge in [-0.2, -0.15) is 0 Å². The minimum Gasteiger partial charge on any atom is -0.325 e. The smallest absolute Gasteiger partial charge is 0.270 e. The Kier molecular flexibility index (Phi) is 5.57. The lowest BCUT2D eigenvalue weighted by molar-refractivity contribution is -0.384. The number of nitro groups is 1. The molecule has 1 amide bonds. The lowest BCUT2D eigenvalue weighted by Crippen LogP contribution is -2.13. The summed E-state index contributed by atoms with van der Waals surface area (Å²) in [6.45, 7) is 0. The van der Waals surface area contributed by atoms with Crippen LogP contribution < -0.4 is 5.32 Å². The zero-order chi connectivity index (χ0) is 17.8. The van der Waals surface area contributed by atoms with Crippen molar-refractivity contribution in [1.82, 2.24) is 4.98 Å². The zero-order valence-electron chi connectivity index (χ0n) is 13.1. The molecule has 3 aromatic rings. The number of thiazole rings is 1. The number of carbonyl (C=O) groups excluding carboxylic acids is 1. The van der Waals surface area contributed by atoms with Gasteiger partial charge >= 0.3 is 0 Å². The van der Waals surface area contributed by atoms with Crippen LogP contribution in [0.5, 0.6) is 0 Å². The van der Waals surface area contributed by atoms with E-state index in [1.165, 1.54) is 35.2 Å². The summed E-state index contributed by atoms with van der Waals surface area (Å²) in [6, 6.07) is 12.2. The van der Waals surface area contributed by atoms with Crippen molar-refractivity contribution in [2.24, 2.45) is 0 Å². The Labute approximate surface area is 156 Å². The fourth-order valence-corrected chi connectivity index (χ4v) is 4.45. The first-order valence-corrected chi connectivity index (χ1v) is 10.2. The molecular formula is C16H13N3O3S3. The predicted octanol–water partition coefficient (Wildman–Crippen LogP) is 4.66. The van der Waals surface area contributed by atoms with E-state index in [-0.39, 0.29) is 17.3 Å². The number of thioether (sulfide) groups is 2. The fraction of sp³-hybridized carbons (Fsp3) is 0.125. The first-order valence-electron chi connectivity index (χ1n) is 7.17. The van der Waals surface area contributed by atoms with E-state index in [9.17, 15) is 14.9 Å². The molecule has 0 saturated carbocycles. The minimum atomic E-state index is -0.428. The van der Waals surface area contributed by atoms with Crippen molar-refractivity contribution in [2.75, 3.05) is 17.3 Å². The molecule has 0 spiro atoms. The van der Waals surface area contributed by atoms with Crippen LogP contribution in [-0.4, -0.2) is 27.8 Å². The molecular weight excluding hydrogens is 378 g/mol. The summed E-state index contributed by atoms with van der Waals surface area (Å²) in [4.78, 5) is 28.0. The lowest BCUT2D eigenvalue weighted by atomic mass is 10.3. The number of aromatic nitrogens is 1. The Bertz CT molecular complexity index is 943. The van der Waals surface area contributed by atoms with Crippen molar-refractivity contribution >= 4 is 62.4 Å². The van der Waals surface area contributed by atoms with Crippen LogP contribution in [0, 0.1) is 10.1 Å². The van der Waals surface area contributed by atoms with E-state index in [1.54, 1.807) is 17.8 Å². The summed E-state index contributed by atoms with van der Waals surface area (Å²) in [7, 11) is 0. The fourth-order valence-electron chi connectivity index (χ4n) is 2.09. The van der Waals surface area contributed by atoms with Crippen molar-refractivity contribution in [3.8, 4) is 0 Å². The molecule has 0 radical (unpaired) electrons. The van der Waals surface area contributed by atoms with Crippen molar-refractivity contribution in [3.63, 3.8) is 0 Å². The van der Waals surface area contributed by atoms with Gasteiger partial charge in [0.2, 0.25) is 5.91 Å². The van der Waals surface area contributed by atoms with Gasteiger partial charge in [0.05, 0.1) is 20.9 Å². The predicted molar refractivity (Wildman–Crippen MR) is 104 cm³/mol. The molecule has 0 aliphatic rings. The molecule has 0 bridgehead atoms. The molecule has 0 saturated heterocycles. The largest absolute Gasteiger partial charge is 0.325 e. The molecule has 9 heteroatoms. The molecule has 3 rings (SSSR count). The quantitative estimate of drug-likeness (QED) is 0.374. The highest BCUT2D eigenvalue weighted by atomic mass is 32.2. The second kappa shape index (κ2) is 7.85. The number of nitrogens with zero attached hydrogens (tertiary/aromatic N) is 2. The summed E-state index contributed by atoms with van der Waals surface area (Å²) in [5.74, 6) is 0.110. The average molecular weight is 391 g/mol. The number of anilines is 1. The van der Waals surface area contributed by atoms with Gasteiger partial charge in [-0.25, -0.2) is 4.98 Å². The SMILES string of the molecule is CSc1cccc(NC(=O)CSc2nc3ccc([N+](=O)[O-])cc3s2)c1. The van der Waals surface area contributed by atoms with Crippen LogP contribution in [0.2, 0.25) is 0 Å². The number of nitro benzene ring substituents is 1. The van der Waals surface area contributed by atoms with Gasteiger partial charge in [0, 0.05) is 22.7 Å². The highest BCUT2D eigenvalue weighted by Gasteiger charge is 2.12. The second-order valence-corrected chi connectivity index (χ2v) is 8.09. The van der Waals surface area contributed by atoms with Gasteiger partial charge in [0.1, 0.15) is 0 Å². The van der Waals surface area contributed by atoms with Crippen molar-refractivity contribution < 1.29 is 9.72 Å². The summed E-state index contributed by atoms with van der Waals surface area (Å²) in [5, 5.41) is 13.7. The van der Waals surface area contributed by atoms with Crippen LogP contribution >= 0.6 is 34.9 Å². The number of carbonyl (C=O) groups is 1. The number of benzene rings is 2. The van der Waals surface area contributed by atoms with E-state index < -0.39 is 4.92 Å². The third-order valence-corrected chi connectivity index (χ3v) is 6.13. The molecule has 1 aromatic heterocycles. The first-order chi connectivity index (χ1) is 12.0. The van der Waals surface area contributed by atoms with Gasteiger partial charge in [-0.15, -0.1) is 23.1 Å². The third-order valence-electron chi connectivity index (χ3n) is 3.24. The monoisotopic (exact) mass is 391 g/mol. The average Bonchev–Trinajstić information content (AvgIpc) is 3.02. The van der Waals surface area contributed by atoms with Crippen LogP contribution in [0.3, 0.4) is 0 Å². The number of amides is 1. The standard InChI is InChI=1S/C16H13N3O3S3/c1-23-12-4-2-3-10(7-12)17-15(20)9-24-16-18-13-6-5-11(19(21)22)8-14(13)25-16/h2-8H,9H2,1H3,(H,17,20). The maximum Gasteiger partial charge on any atom is 0.270 e. The van der Waals surface area contributed by atoms with Crippen molar-refractivity contribution in [1.29, 1.82) is 0 Å². The molecule has 0 aliphatic heterocycles.